The third-order valence-corrected chi connectivity index (χ3v) is 1.53. The number of H-pyrrole nitrogens is 1. The lowest BCUT2D eigenvalue weighted by molar-refractivity contribution is 0.112. The summed E-state index contributed by atoms with van der Waals surface area (Å²) in [5.41, 5.74) is 6.49. The molecule has 0 fully saturated rings. The van der Waals surface area contributed by atoms with Crippen molar-refractivity contribution < 1.29 is 4.79 Å². The number of aldehydes is 1. The average molecular weight is 189 g/mol. The Morgan fingerprint density at radius 1 is 1.29 bits per heavy atom. The standard InChI is InChI=1S/C7H7NO.C3H4N2/c8-7-4-2-1-3-6(7)5-9;1-2-4-5-3-1/h1-5H,8H2;1-3H,(H,4,5). The molecule has 72 valence electrons. The second-order valence-corrected chi connectivity index (χ2v) is 2.51. The summed E-state index contributed by atoms with van der Waals surface area (Å²) in [5, 5.41) is 6.21. The maximum Gasteiger partial charge on any atom is 0.152 e. The molecule has 0 aliphatic carbocycles. The van der Waals surface area contributed by atoms with Crippen LogP contribution in [0.4, 0.5) is 5.69 Å². The molecule has 14 heavy (non-hydrogen) atoms. The van der Waals surface area contributed by atoms with Crippen molar-refractivity contribution in [1.82, 2.24) is 10.2 Å². The predicted octanol–water partition coefficient (Wildman–Crippen LogP) is 1.49. The fourth-order valence-electron chi connectivity index (χ4n) is 0.833. The third-order valence-electron chi connectivity index (χ3n) is 1.53. The van der Waals surface area contributed by atoms with Gasteiger partial charge in [0.05, 0.1) is 0 Å². The van der Waals surface area contributed by atoms with Crippen LogP contribution in [0.15, 0.2) is 42.7 Å². The van der Waals surface area contributed by atoms with Gasteiger partial charge in [-0.05, 0) is 18.2 Å². The molecule has 0 atom stereocenters. The summed E-state index contributed by atoms with van der Waals surface area (Å²) < 4.78 is 0. The summed E-state index contributed by atoms with van der Waals surface area (Å²) in [6, 6.07) is 8.79. The van der Waals surface area contributed by atoms with Crippen LogP contribution in [0.5, 0.6) is 0 Å². The summed E-state index contributed by atoms with van der Waals surface area (Å²) in [7, 11) is 0. The minimum atomic E-state index is 0.535. The number of carbonyl (C=O) groups is 1. The molecule has 0 aliphatic heterocycles. The first-order valence-corrected chi connectivity index (χ1v) is 4.08. The molecule has 1 aromatic carbocycles. The number of rotatable bonds is 1. The van der Waals surface area contributed by atoms with E-state index in [4.69, 9.17) is 5.73 Å². The van der Waals surface area contributed by atoms with Crippen molar-refractivity contribution in [3.05, 3.63) is 48.3 Å². The normalized spacial score (nSPS) is 8.57. The largest absolute Gasteiger partial charge is 0.398 e. The monoisotopic (exact) mass is 189 g/mol. The van der Waals surface area contributed by atoms with Gasteiger partial charge in [-0.15, -0.1) is 0 Å². The van der Waals surface area contributed by atoms with Crippen LogP contribution in [0.1, 0.15) is 10.4 Å². The van der Waals surface area contributed by atoms with E-state index in [0.717, 1.165) is 6.29 Å². The SMILES string of the molecule is Nc1ccccc1C=O.c1cn[nH]c1. The Kier molecular flexibility index (Phi) is 3.94. The van der Waals surface area contributed by atoms with Crippen molar-refractivity contribution in [3.8, 4) is 0 Å². The maximum atomic E-state index is 10.1. The van der Waals surface area contributed by atoms with Crippen LogP contribution >= 0.6 is 0 Å². The molecule has 1 aromatic heterocycles. The van der Waals surface area contributed by atoms with Gasteiger partial charge >= 0.3 is 0 Å². The minimum absolute atomic E-state index is 0.535. The van der Waals surface area contributed by atoms with E-state index in [1.54, 1.807) is 36.7 Å². The maximum absolute atomic E-state index is 10.1. The van der Waals surface area contributed by atoms with Crippen LogP contribution in [0.2, 0.25) is 0 Å². The summed E-state index contributed by atoms with van der Waals surface area (Å²) in [6.07, 6.45) is 4.20. The number of benzene rings is 1. The number of hydrogen-bond acceptors (Lipinski definition) is 3. The lowest BCUT2D eigenvalue weighted by Gasteiger charge is -1.92. The molecule has 4 heteroatoms. The average Bonchev–Trinajstić information content (AvgIpc) is 2.76. The highest BCUT2D eigenvalue weighted by atomic mass is 16.1. The zero-order valence-corrected chi connectivity index (χ0v) is 7.55. The van der Waals surface area contributed by atoms with Gasteiger partial charge < -0.3 is 5.73 Å². The minimum Gasteiger partial charge on any atom is -0.398 e. The topological polar surface area (TPSA) is 71.8 Å². The number of carbonyl (C=O) groups excluding carboxylic acids is 1. The van der Waals surface area contributed by atoms with E-state index in [-0.39, 0.29) is 0 Å². The first-order valence-electron chi connectivity index (χ1n) is 4.08. The van der Waals surface area contributed by atoms with Gasteiger partial charge in [0.2, 0.25) is 0 Å². The molecule has 0 radical (unpaired) electrons. The first kappa shape index (κ1) is 9.98. The molecule has 0 amide bonds. The van der Waals surface area contributed by atoms with Crippen LogP contribution < -0.4 is 5.73 Å². The van der Waals surface area contributed by atoms with Gasteiger partial charge in [-0.3, -0.25) is 9.89 Å². The number of aromatic amines is 1. The lowest BCUT2D eigenvalue weighted by Crippen LogP contribution is -1.90. The van der Waals surface area contributed by atoms with Crippen molar-refractivity contribution >= 4 is 12.0 Å². The van der Waals surface area contributed by atoms with Crippen LogP contribution in [-0.2, 0) is 0 Å². The van der Waals surface area contributed by atoms with Crippen LogP contribution in [0, 0.1) is 0 Å². The Morgan fingerprint density at radius 2 is 2.07 bits per heavy atom. The number of para-hydroxylation sites is 1. The number of nitrogens with zero attached hydrogens (tertiary/aromatic N) is 1. The summed E-state index contributed by atoms with van der Waals surface area (Å²) >= 11 is 0. The number of anilines is 1. The Balaban J connectivity index is 0.000000165. The number of nitrogens with two attached hydrogens (primary N) is 1. The quantitative estimate of drug-likeness (QED) is 0.527. The van der Waals surface area contributed by atoms with Gasteiger partial charge in [0, 0.05) is 23.6 Å². The number of nitrogen functional groups attached to an aromatic ring is 1. The molecule has 0 spiro atoms. The zero-order valence-electron chi connectivity index (χ0n) is 7.55. The van der Waals surface area contributed by atoms with E-state index in [0.29, 0.717) is 11.3 Å². The smallest absolute Gasteiger partial charge is 0.152 e. The number of hydrogen-bond donors (Lipinski definition) is 2. The fourth-order valence-corrected chi connectivity index (χ4v) is 0.833. The highest BCUT2D eigenvalue weighted by molar-refractivity contribution is 5.82. The van der Waals surface area contributed by atoms with Crippen LogP contribution in [-0.4, -0.2) is 16.5 Å². The Labute approximate surface area is 81.8 Å². The van der Waals surface area contributed by atoms with Gasteiger partial charge in [0.25, 0.3) is 0 Å². The summed E-state index contributed by atoms with van der Waals surface area (Å²) in [6.45, 7) is 0. The molecule has 0 aliphatic rings. The van der Waals surface area contributed by atoms with E-state index in [1.807, 2.05) is 6.07 Å². The van der Waals surface area contributed by atoms with Crippen LogP contribution in [0.3, 0.4) is 0 Å². The van der Waals surface area contributed by atoms with Crippen molar-refractivity contribution in [2.24, 2.45) is 0 Å². The molecule has 0 bridgehead atoms. The molecule has 3 N–H and O–H groups in total. The van der Waals surface area contributed by atoms with Gasteiger partial charge in [-0.25, -0.2) is 0 Å². The van der Waals surface area contributed by atoms with Gasteiger partial charge in [-0.1, -0.05) is 12.1 Å². The molecule has 0 saturated heterocycles. The molecule has 2 rings (SSSR count). The molecule has 1 heterocycles. The van der Waals surface area contributed by atoms with Crippen molar-refractivity contribution in [2.45, 2.75) is 0 Å². The van der Waals surface area contributed by atoms with E-state index >= 15 is 0 Å². The Morgan fingerprint density at radius 3 is 2.43 bits per heavy atom. The van der Waals surface area contributed by atoms with E-state index in [1.165, 1.54) is 0 Å². The molecular weight excluding hydrogens is 178 g/mol. The van der Waals surface area contributed by atoms with Gasteiger partial charge in [0.1, 0.15) is 0 Å². The van der Waals surface area contributed by atoms with Crippen molar-refractivity contribution in [1.29, 1.82) is 0 Å². The highest BCUT2D eigenvalue weighted by Crippen LogP contribution is 2.05. The first-order chi connectivity index (χ1) is 6.84. The molecule has 0 saturated carbocycles. The van der Waals surface area contributed by atoms with Crippen molar-refractivity contribution in [3.63, 3.8) is 0 Å². The van der Waals surface area contributed by atoms with E-state index in [2.05, 4.69) is 10.2 Å². The van der Waals surface area contributed by atoms with Crippen LogP contribution in [0.25, 0.3) is 0 Å². The predicted molar refractivity (Wildman–Crippen MR) is 54.8 cm³/mol. The molecular formula is C10H11N3O. The summed E-state index contributed by atoms with van der Waals surface area (Å²) in [5.74, 6) is 0. The fraction of sp³-hybridized carbons (Fsp3) is 0. The Bertz CT molecular complexity index is 353. The molecule has 4 nitrogen and oxygen atoms in total. The summed E-state index contributed by atoms with van der Waals surface area (Å²) in [4.78, 5) is 10.1. The molecule has 0 unspecified atom stereocenters. The van der Waals surface area contributed by atoms with E-state index < -0.39 is 0 Å². The lowest BCUT2D eigenvalue weighted by atomic mass is 10.2. The second-order valence-electron chi connectivity index (χ2n) is 2.51. The second kappa shape index (κ2) is 5.53. The Hall–Kier alpha value is -2.10. The van der Waals surface area contributed by atoms with Gasteiger partial charge in [-0.2, -0.15) is 5.10 Å². The molecule has 2 aromatic rings. The third kappa shape index (κ3) is 3.10. The number of nitrogens with one attached hydrogen (secondary N) is 1. The zero-order chi connectivity index (χ0) is 10.2. The highest BCUT2D eigenvalue weighted by Gasteiger charge is 1.90. The number of aromatic nitrogens is 2. The van der Waals surface area contributed by atoms with Gasteiger partial charge in [0.15, 0.2) is 6.29 Å². The van der Waals surface area contributed by atoms with E-state index in [9.17, 15) is 4.79 Å². The van der Waals surface area contributed by atoms with Crippen molar-refractivity contribution in [2.75, 3.05) is 5.73 Å².